The van der Waals surface area contributed by atoms with Crippen molar-refractivity contribution in [1.29, 1.82) is 0 Å². The molecule has 0 saturated carbocycles. The summed E-state index contributed by atoms with van der Waals surface area (Å²) < 4.78 is 31.8. The Labute approximate surface area is 175 Å². The van der Waals surface area contributed by atoms with Crippen molar-refractivity contribution in [3.05, 3.63) is 83.9 Å². The molecule has 3 aromatic rings. The first kappa shape index (κ1) is 20.1. The van der Waals surface area contributed by atoms with Gasteiger partial charge in [0.1, 0.15) is 11.4 Å². The predicted molar refractivity (Wildman–Crippen MR) is 115 cm³/mol. The second-order valence-corrected chi connectivity index (χ2v) is 9.25. The van der Waals surface area contributed by atoms with Gasteiger partial charge in [-0.1, -0.05) is 48.5 Å². The third-order valence-electron chi connectivity index (χ3n) is 5.34. The summed E-state index contributed by atoms with van der Waals surface area (Å²) in [4.78, 5) is 12.3. The Bertz CT molecular complexity index is 1170. The Kier molecular flexibility index (Phi) is 5.32. The second kappa shape index (κ2) is 7.93. The van der Waals surface area contributed by atoms with E-state index >= 15 is 0 Å². The molecule has 0 spiro atoms. The van der Waals surface area contributed by atoms with Gasteiger partial charge in [0.25, 0.3) is 0 Å². The molecule has 6 nitrogen and oxygen atoms in total. The molecule has 0 aliphatic carbocycles. The minimum absolute atomic E-state index is 0.180. The fourth-order valence-corrected chi connectivity index (χ4v) is 5.42. The van der Waals surface area contributed by atoms with Gasteiger partial charge in [0.05, 0.1) is 12.0 Å². The number of nitrogens with one attached hydrogen (secondary N) is 1. The van der Waals surface area contributed by atoms with Gasteiger partial charge in [0, 0.05) is 5.69 Å². The van der Waals surface area contributed by atoms with E-state index < -0.39 is 27.2 Å². The first-order valence-corrected chi connectivity index (χ1v) is 11.1. The van der Waals surface area contributed by atoms with Gasteiger partial charge in [-0.05, 0) is 52.9 Å². The molecule has 3 N–H and O–H groups in total. The molecule has 0 radical (unpaired) electrons. The standard InChI is InChI=1S/C23H22N2O4S/c1-29-23(26)21-14-17-4-2-3-5-20(17)22(25-21)30(27,28)19-12-8-16(9-13-19)15-6-10-18(24)11-7-15/h2-13,21-22,25H,14,24H2,1H3/t21-,22?/m1/s1. The minimum Gasteiger partial charge on any atom is -0.468 e. The fraction of sp³-hybridized carbons (Fsp3) is 0.174. The topological polar surface area (TPSA) is 98.5 Å². The number of carbonyl (C=O) groups is 1. The third kappa shape index (κ3) is 3.69. The molecular formula is C23H22N2O4S. The highest BCUT2D eigenvalue weighted by Crippen LogP contribution is 2.34. The molecule has 1 aliphatic heterocycles. The normalized spacial score (nSPS) is 18.4. The van der Waals surface area contributed by atoms with Crippen LogP contribution in [0.5, 0.6) is 0 Å². The first-order chi connectivity index (χ1) is 14.4. The molecule has 4 rings (SSSR count). The van der Waals surface area contributed by atoms with Gasteiger partial charge in [-0.15, -0.1) is 0 Å². The van der Waals surface area contributed by atoms with Crippen molar-refractivity contribution < 1.29 is 17.9 Å². The summed E-state index contributed by atoms with van der Waals surface area (Å²) in [5.74, 6) is -0.483. The molecular weight excluding hydrogens is 400 g/mol. The zero-order chi connectivity index (χ0) is 21.3. The summed E-state index contributed by atoms with van der Waals surface area (Å²) >= 11 is 0. The number of sulfone groups is 1. The number of nitrogen functional groups attached to an aromatic ring is 1. The SMILES string of the molecule is COC(=O)[C@H]1Cc2ccccc2C(S(=O)(=O)c2ccc(-c3ccc(N)cc3)cc2)N1. The quantitative estimate of drug-likeness (QED) is 0.495. The third-order valence-corrected chi connectivity index (χ3v) is 7.28. The van der Waals surface area contributed by atoms with Gasteiger partial charge >= 0.3 is 5.97 Å². The van der Waals surface area contributed by atoms with E-state index in [1.807, 2.05) is 24.3 Å². The van der Waals surface area contributed by atoms with Crippen molar-refractivity contribution in [3.63, 3.8) is 0 Å². The van der Waals surface area contributed by atoms with Crippen LogP contribution in [0.1, 0.15) is 16.5 Å². The molecule has 0 bridgehead atoms. The number of rotatable bonds is 4. The van der Waals surface area contributed by atoms with Crippen molar-refractivity contribution in [3.8, 4) is 11.1 Å². The van der Waals surface area contributed by atoms with Crippen molar-refractivity contribution >= 4 is 21.5 Å². The molecule has 0 fully saturated rings. The molecule has 154 valence electrons. The monoisotopic (exact) mass is 422 g/mol. The summed E-state index contributed by atoms with van der Waals surface area (Å²) in [5.41, 5.74) is 9.70. The molecule has 0 amide bonds. The molecule has 1 heterocycles. The highest BCUT2D eigenvalue weighted by atomic mass is 32.2. The zero-order valence-corrected chi connectivity index (χ0v) is 17.2. The van der Waals surface area contributed by atoms with Crippen molar-refractivity contribution in [1.82, 2.24) is 5.32 Å². The van der Waals surface area contributed by atoms with Gasteiger partial charge in [0.15, 0.2) is 9.84 Å². The van der Waals surface area contributed by atoms with Crippen LogP contribution in [0.3, 0.4) is 0 Å². The highest BCUT2D eigenvalue weighted by Gasteiger charge is 2.38. The largest absolute Gasteiger partial charge is 0.468 e. The Morgan fingerprint density at radius 1 is 0.967 bits per heavy atom. The molecule has 3 aromatic carbocycles. The number of fused-ring (bicyclic) bond motifs is 1. The Morgan fingerprint density at radius 3 is 2.20 bits per heavy atom. The van der Waals surface area contributed by atoms with E-state index in [1.165, 1.54) is 7.11 Å². The lowest BCUT2D eigenvalue weighted by Gasteiger charge is -2.31. The first-order valence-electron chi connectivity index (χ1n) is 9.51. The molecule has 1 unspecified atom stereocenters. The van der Waals surface area contributed by atoms with Crippen LogP contribution in [0.2, 0.25) is 0 Å². The maximum atomic E-state index is 13.5. The van der Waals surface area contributed by atoms with Gasteiger partial charge < -0.3 is 10.5 Å². The molecule has 30 heavy (non-hydrogen) atoms. The number of nitrogens with two attached hydrogens (primary N) is 1. The van der Waals surface area contributed by atoms with Crippen LogP contribution in [0, 0.1) is 0 Å². The van der Waals surface area contributed by atoms with Crippen LogP contribution >= 0.6 is 0 Å². The summed E-state index contributed by atoms with van der Waals surface area (Å²) in [5, 5.41) is 1.94. The average molecular weight is 423 g/mol. The van der Waals surface area contributed by atoms with E-state index in [0.717, 1.165) is 16.7 Å². The van der Waals surface area contributed by atoms with Gasteiger partial charge in [-0.2, -0.15) is 0 Å². The fourth-order valence-electron chi connectivity index (χ4n) is 3.73. The Hall–Kier alpha value is -3.16. The zero-order valence-electron chi connectivity index (χ0n) is 16.4. The lowest BCUT2D eigenvalue weighted by Crippen LogP contribution is -2.47. The number of methoxy groups -OCH3 is 1. The van der Waals surface area contributed by atoms with Crippen molar-refractivity contribution in [2.45, 2.75) is 22.7 Å². The number of benzene rings is 3. The lowest BCUT2D eigenvalue weighted by atomic mass is 9.96. The second-order valence-electron chi connectivity index (χ2n) is 7.22. The number of hydrogen-bond acceptors (Lipinski definition) is 6. The number of hydrogen-bond donors (Lipinski definition) is 2. The van der Waals surface area contributed by atoms with Gasteiger partial charge in [0.2, 0.25) is 0 Å². The van der Waals surface area contributed by atoms with Crippen molar-refractivity contribution in [2.75, 3.05) is 12.8 Å². The van der Waals surface area contributed by atoms with Crippen LogP contribution in [0.15, 0.2) is 77.7 Å². The molecule has 7 heteroatoms. The van der Waals surface area contributed by atoms with Crippen LogP contribution in [0.25, 0.3) is 11.1 Å². The van der Waals surface area contributed by atoms with Crippen LogP contribution in [0.4, 0.5) is 5.69 Å². The molecule has 0 saturated heterocycles. The Morgan fingerprint density at radius 2 is 1.57 bits per heavy atom. The number of anilines is 1. The van der Waals surface area contributed by atoms with E-state index in [1.54, 1.807) is 48.5 Å². The summed E-state index contributed by atoms with van der Waals surface area (Å²) in [6.45, 7) is 0. The molecule has 1 aliphatic rings. The highest BCUT2D eigenvalue weighted by molar-refractivity contribution is 7.91. The van der Waals surface area contributed by atoms with Crippen LogP contribution < -0.4 is 11.1 Å². The summed E-state index contributed by atoms with van der Waals surface area (Å²) in [6.07, 6.45) is 0.380. The smallest absolute Gasteiger partial charge is 0.323 e. The number of esters is 1. The lowest BCUT2D eigenvalue weighted by molar-refractivity contribution is -0.143. The van der Waals surface area contributed by atoms with E-state index in [4.69, 9.17) is 10.5 Å². The van der Waals surface area contributed by atoms with E-state index in [0.29, 0.717) is 17.7 Å². The predicted octanol–water partition coefficient (Wildman–Crippen LogP) is 3.10. The van der Waals surface area contributed by atoms with E-state index in [-0.39, 0.29) is 4.90 Å². The average Bonchev–Trinajstić information content (AvgIpc) is 2.78. The van der Waals surface area contributed by atoms with E-state index in [2.05, 4.69) is 5.32 Å². The van der Waals surface area contributed by atoms with Gasteiger partial charge in [-0.3, -0.25) is 10.1 Å². The molecule has 2 atom stereocenters. The number of carbonyl (C=O) groups excluding carboxylic acids is 1. The van der Waals surface area contributed by atoms with Gasteiger partial charge in [-0.25, -0.2) is 8.42 Å². The van der Waals surface area contributed by atoms with Crippen molar-refractivity contribution in [2.24, 2.45) is 0 Å². The van der Waals surface area contributed by atoms with E-state index in [9.17, 15) is 13.2 Å². The summed E-state index contributed by atoms with van der Waals surface area (Å²) in [7, 11) is -2.50. The Balaban J connectivity index is 1.70. The maximum absolute atomic E-state index is 13.5. The minimum atomic E-state index is -3.79. The van der Waals surface area contributed by atoms with Crippen LogP contribution in [-0.2, 0) is 25.8 Å². The molecule has 0 aromatic heterocycles. The maximum Gasteiger partial charge on any atom is 0.323 e. The number of ether oxygens (including phenoxy) is 1. The summed E-state index contributed by atoms with van der Waals surface area (Å²) in [6, 6.07) is 20.6. The van der Waals surface area contributed by atoms with Crippen LogP contribution in [-0.4, -0.2) is 27.5 Å².